The maximum absolute atomic E-state index is 13.5. The minimum absolute atomic E-state index is 0.847. The molecule has 11 rings (SSSR count). The fourth-order valence-electron chi connectivity index (χ4n) is 18.8. The van der Waals surface area contributed by atoms with E-state index in [0.717, 1.165) is 34.6 Å². The minimum atomic E-state index is -2.83. The van der Waals surface area contributed by atoms with Gasteiger partial charge in [-0.25, -0.2) is 0 Å². The first-order valence-corrected chi connectivity index (χ1v) is 46.9. The summed E-state index contributed by atoms with van der Waals surface area (Å²) in [5, 5.41) is 385. The highest BCUT2D eigenvalue weighted by Crippen LogP contribution is 2.43. The number of nitrogens with one attached hydrogen (secondary N) is 5. The van der Waals surface area contributed by atoms with Crippen LogP contribution in [0.4, 0.5) is 0 Å². The summed E-state index contributed by atoms with van der Waals surface area (Å²) < 4.78 is 132. The van der Waals surface area contributed by atoms with Crippen LogP contribution in [0.3, 0.4) is 0 Å². The molecule has 11 heterocycles. The van der Waals surface area contributed by atoms with Crippen molar-refractivity contribution in [2.75, 3.05) is 79.3 Å². The summed E-state index contributed by atoms with van der Waals surface area (Å²) in [4.78, 5) is 65.8. The van der Waals surface area contributed by atoms with Crippen molar-refractivity contribution in [3.8, 4) is 0 Å². The van der Waals surface area contributed by atoms with Crippen LogP contribution in [0, 0.1) is 0 Å². The van der Waals surface area contributed by atoms with Crippen LogP contribution in [0.1, 0.15) is 41.5 Å². The maximum Gasteiger partial charge on any atom is 0.217 e. The van der Waals surface area contributed by atoms with E-state index in [1.807, 2.05) is 0 Å². The lowest BCUT2D eigenvalue weighted by Crippen LogP contribution is -2.71. The zero-order chi connectivity index (χ0) is 109. The van der Waals surface area contributed by atoms with Crippen molar-refractivity contribution < 1.29 is 297 Å². The number of rotatable bonds is 42. The highest BCUT2D eigenvalue weighted by molar-refractivity contribution is 5.75. The number of ether oxygens (including phenoxy) is 22. The summed E-state index contributed by atoms with van der Waals surface area (Å²) in [6.07, 6.45) is -119. The van der Waals surface area contributed by atoms with Crippen LogP contribution in [-0.4, -0.2) is 639 Å². The van der Waals surface area contributed by atoms with E-state index in [-0.39, 0.29) is 0 Å². The second-order valence-corrected chi connectivity index (χ2v) is 37.1. The molecule has 0 aromatic rings. The first kappa shape index (κ1) is 122. The van der Waals surface area contributed by atoms with Crippen LogP contribution in [0.5, 0.6) is 0 Å². The number of hydrogen-bond donors (Lipinski definition) is 38. The second-order valence-electron chi connectivity index (χ2n) is 37.1. The van der Waals surface area contributed by atoms with Crippen LogP contribution in [0.15, 0.2) is 0 Å². The van der Waals surface area contributed by atoms with E-state index in [4.69, 9.17) is 104 Å². The van der Waals surface area contributed by atoms with E-state index < -0.39 is 471 Å². The van der Waals surface area contributed by atoms with Gasteiger partial charge in [0.2, 0.25) is 29.5 Å². The lowest BCUT2D eigenvalue weighted by Gasteiger charge is -2.52. The molecule has 0 bridgehead atoms. The molecular weight excluding hydrogens is 2010 g/mol. The van der Waals surface area contributed by atoms with Gasteiger partial charge in [0.25, 0.3) is 0 Å². The number of aliphatic hydroxyl groups is 33. The van der Waals surface area contributed by atoms with Crippen LogP contribution in [0.25, 0.3) is 0 Å². The van der Waals surface area contributed by atoms with Gasteiger partial charge in [0.05, 0.1) is 91.4 Å². The molecule has 0 aromatic heterocycles. The molecule has 0 unspecified atom stereocenters. The molecule has 147 heavy (non-hydrogen) atoms. The summed E-state index contributed by atoms with van der Waals surface area (Å²) in [6.45, 7) is -8.83. The molecule has 0 saturated carbocycles. The zero-order valence-corrected chi connectivity index (χ0v) is 79.3. The summed E-state index contributed by atoms with van der Waals surface area (Å²) in [7, 11) is 0. The largest absolute Gasteiger partial charge is 0.394 e. The predicted octanol–water partition coefficient (Wildman–Crippen LogP) is -25.8. The number of aliphatic hydroxyl groups excluding tert-OH is 33. The van der Waals surface area contributed by atoms with Gasteiger partial charge in [-0.2, -0.15) is 0 Å². The van der Waals surface area contributed by atoms with Crippen molar-refractivity contribution in [2.24, 2.45) is 0 Å². The van der Waals surface area contributed by atoms with Crippen molar-refractivity contribution in [3.05, 3.63) is 0 Å². The topological polar surface area (TPSA) is 1020 Å². The molecule has 5 amide bonds. The highest BCUT2D eigenvalue weighted by atomic mass is 16.8. The average molecular weight is 2150 g/mol. The number of carbonyl (C=O) groups is 5. The molecular formula is C82H139N5O60. The van der Waals surface area contributed by atoms with Crippen molar-refractivity contribution in [1.82, 2.24) is 26.6 Å². The normalized spacial score (nSPS) is 47.3. The fourth-order valence-corrected chi connectivity index (χ4v) is 18.8. The minimum Gasteiger partial charge on any atom is -0.394 e. The Morgan fingerprint density at radius 1 is 0.252 bits per heavy atom. The summed E-state index contributed by atoms with van der Waals surface area (Å²) in [5.41, 5.74) is 0. The van der Waals surface area contributed by atoms with Crippen molar-refractivity contribution >= 4 is 29.5 Å². The number of carbonyl (C=O) groups excluding carboxylic acids is 5. The third-order valence-corrected chi connectivity index (χ3v) is 26.7. The molecule has 65 nitrogen and oxygen atoms in total. The molecule has 852 valence electrons. The van der Waals surface area contributed by atoms with Crippen molar-refractivity contribution in [2.45, 2.75) is 403 Å². The second kappa shape index (κ2) is 54.2. The van der Waals surface area contributed by atoms with E-state index in [0.29, 0.717) is 0 Å². The van der Waals surface area contributed by atoms with Crippen LogP contribution in [-0.2, 0) is 128 Å². The molecule has 0 aromatic carbocycles. The molecule has 11 saturated heterocycles. The lowest BCUT2D eigenvalue weighted by atomic mass is 9.93. The summed E-state index contributed by atoms with van der Waals surface area (Å²) in [5.74, 6) is -5.14. The van der Waals surface area contributed by atoms with Crippen LogP contribution >= 0.6 is 0 Å². The molecule has 65 heteroatoms. The van der Waals surface area contributed by atoms with Crippen LogP contribution < -0.4 is 26.6 Å². The first-order valence-electron chi connectivity index (χ1n) is 46.9. The van der Waals surface area contributed by atoms with Crippen molar-refractivity contribution in [1.29, 1.82) is 0 Å². The molecule has 0 spiro atoms. The first-order chi connectivity index (χ1) is 69.5. The predicted molar refractivity (Wildman–Crippen MR) is 454 cm³/mol. The molecule has 11 aliphatic rings. The smallest absolute Gasteiger partial charge is 0.217 e. The third-order valence-electron chi connectivity index (χ3n) is 26.7. The highest BCUT2D eigenvalue weighted by Gasteiger charge is 2.64. The van der Waals surface area contributed by atoms with Gasteiger partial charge in [0.1, 0.15) is 281 Å². The Balaban J connectivity index is 0.994. The van der Waals surface area contributed by atoms with E-state index in [2.05, 4.69) is 26.6 Å². The van der Waals surface area contributed by atoms with Gasteiger partial charge < -0.3 is 299 Å². The summed E-state index contributed by atoms with van der Waals surface area (Å²) in [6, 6.07) is -10.3. The van der Waals surface area contributed by atoms with Gasteiger partial charge in [-0.3, -0.25) is 24.0 Å². The van der Waals surface area contributed by atoms with Crippen LogP contribution in [0.2, 0.25) is 0 Å². The number of amides is 5. The Morgan fingerprint density at radius 3 is 0.884 bits per heavy atom. The fraction of sp³-hybridized carbons (Fsp3) is 0.939. The monoisotopic (exact) mass is 2150 g/mol. The molecule has 11 aliphatic heterocycles. The SMILES string of the molecule is CC(=O)N[C@H]1[C@H](O[C@@H]([C@H](O)[C@H](CO)NC(C)=O)[C@H](O)CO[C@@H]2O[C@@H](C)[C@@H](O)[C@@H](O)[C@@H]2O)O[C@H](CO)[C@@H](O[C@H]2O[C@H](CO[C@H]3O[C@H](CO)[C@@H](O)[C@H](O)[C@@H]3O[C@@H]3O[C@H](CO)[C@@H](O[C@@H]4O[C@H](CO)[C@H](O)[C@H](O)[C@H]4O)[C@H](O)[C@H]3NC(C)=O)[C@@H](O)[C@H](O[C@H]3O[C@H](CO)[C@@H](O[C@@H]4O[C@H](CO)[C@@H](O[C@@H]5O[C@H](CO)[C@H](O)[C@H](O)[C@H]5O)[C@H](O)[C@H]4NC(C)=O)[C@H](O)[C@@H]3O[C@@H]3O[C@H](CO)[C@@H](O[C@@H]4O[C@H](CO)[C@H](O)[C@H](O)[C@H]4O)[C@H](O)[C@H]3NC(C)=O)[C@@H]2O)[C@@H]1O. The standard InChI is InChI=1S/C82H139N5O60/c1-19-41(104)52(115)57(120)76(128-19)126-17-26(103)63(42(105)25(7-88)83-20(2)98)139-72-37(84-21(3)99)48(111)67(34(15-96)133-72)144-80-62(125)69(47(110)36(138-80)18-127-81-70(56(119)46(109)30(11-92)132-81)146-74-39(86-23(5)101)50(113)65(32(13-94)135-74)142-78-59(122)54(117)44(107)28(9-90)130-78)145-82-71(147-75-40(87-24(6)102)51(114)66(33(14-95)136-75)143-79-60(123)55(118)45(108)29(10-91)131-79)61(124)68(35(16-97)137-82)140-73-38(85-22(4)100)49(112)64(31(12-93)134-73)141-77-58(121)53(116)43(106)27(8-89)129-77/h19,25-82,88-97,103-125H,7-18H2,1-6H3,(H,83,98)(H,84,99)(H,85,100)(H,86,101)(H,87,102)/t19-,25-,26+,27+,28+,29+,30+,31+,32+,33+,34+,35+,36+,37+,38+,39+,40+,41+,42+,43-,44-,45-,46+,47+,48+,49+,50+,51+,52+,53-,54-,55-,56-,57-,58+,59+,60+,61-,62-,63+,64+,65+,66+,67+,68+,69-,70-,71-,72-,73-,74-,75-,76+,77-,78-,79-,80+,81-,82+/m0/s1. The number of hydrogen-bond acceptors (Lipinski definition) is 60. The van der Waals surface area contributed by atoms with Gasteiger partial charge in [0.15, 0.2) is 69.2 Å². The van der Waals surface area contributed by atoms with Gasteiger partial charge in [-0.05, 0) is 6.92 Å². The Bertz CT molecular complexity index is 4050. The molecule has 0 radical (unpaired) electrons. The van der Waals surface area contributed by atoms with Gasteiger partial charge in [-0.15, -0.1) is 0 Å². The molecule has 11 fully saturated rings. The average Bonchev–Trinajstić information content (AvgIpc) is 0.759. The van der Waals surface area contributed by atoms with Crippen molar-refractivity contribution in [3.63, 3.8) is 0 Å². The molecule has 0 aliphatic carbocycles. The molecule has 38 N–H and O–H groups in total. The van der Waals surface area contributed by atoms with E-state index in [1.54, 1.807) is 0 Å². The van der Waals surface area contributed by atoms with Gasteiger partial charge in [-0.1, -0.05) is 0 Å². The maximum atomic E-state index is 13.5. The summed E-state index contributed by atoms with van der Waals surface area (Å²) >= 11 is 0. The quantitative estimate of drug-likeness (QED) is 0.0270. The van der Waals surface area contributed by atoms with Gasteiger partial charge in [0, 0.05) is 34.6 Å². The van der Waals surface area contributed by atoms with E-state index in [9.17, 15) is 192 Å². The van der Waals surface area contributed by atoms with E-state index >= 15 is 0 Å². The Kier molecular flexibility index (Phi) is 45.1. The lowest BCUT2D eigenvalue weighted by molar-refractivity contribution is -0.406. The zero-order valence-electron chi connectivity index (χ0n) is 79.3. The Morgan fingerprint density at radius 2 is 0.531 bits per heavy atom. The van der Waals surface area contributed by atoms with E-state index in [1.165, 1.54) is 6.92 Å². The third kappa shape index (κ3) is 27.9. The molecule has 59 atom stereocenters. The van der Waals surface area contributed by atoms with Gasteiger partial charge >= 0.3 is 0 Å². The Labute approximate surface area is 833 Å². The Hall–Kier alpha value is -4.85.